The van der Waals surface area contributed by atoms with E-state index in [9.17, 15) is 48.5 Å². The lowest BCUT2D eigenvalue weighted by Crippen LogP contribution is -2.42. The summed E-state index contributed by atoms with van der Waals surface area (Å²) in [5.74, 6) is 1.16. The molecule has 1 rings (SSSR count). The van der Waals surface area contributed by atoms with Gasteiger partial charge in [-0.1, -0.05) is 0 Å². The fourth-order valence-electron chi connectivity index (χ4n) is 2.06. The van der Waals surface area contributed by atoms with Crippen molar-refractivity contribution >= 4 is 50.4 Å². The van der Waals surface area contributed by atoms with E-state index in [0.717, 1.165) is 19.4 Å². The fourth-order valence-corrected chi connectivity index (χ4v) is 3.39. The second-order valence-corrected chi connectivity index (χ2v) is 7.98. The Morgan fingerprint density at radius 3 is 1.70 bits per heavy atom. The van der Waals surface area contributed by atoms with Crippen molar-refractivity contribution in [3.8, 4) is 0 Å². The van der Waals surface area contributed by atoms with Crippen molar-refractivity contribution in [2.75, 3.05) is 31.9 Å². The molecule has 0 aliphatic carbocycles. The Kier molecular flexibility index (Phi) is 11.0. The van der Waals surface area contributed by atoms with Gasteiger partial charge < -0.3 is 4.55 Å². The highest BCUT2D eigenvalue weighted by Crippen LogP contribution is 2.36. The number of halogens is 2. The van der Waals surface area contributed by atoms with Gasteiger partial charge in [-0.25, -0.2) is 13.6 Å². The minimum Gasteiger partial charge on any atom is -0.744 e. The van der Waals surface area contributed by atoms with Gasteiger partial charge in [0.1, 0.15) is 23.2 Å². The Morgan fingerprint density at radius 1 is 0.933 bits per heavy atom. The van der Waals surface area contributed by atoms with Crippen molar-refractivity contribution in [2.24, 2.45) is 0 Å². The van der Waals surface area contributed by atoms with Gasteiger partial charge in [0.25, 0.3) is 5.69 Å². The molecule has 0 aromatic heterocycles. The zero-order chi connectivity index (χ0) is 23.7. The number of quaternary nitrogens is 1. The van der Waals surface area contributed by atoms with E-state index in [1.54, 1.807) is 7.05 Å². The molecule has 0 aliphatic rings. The number of nitrogens with zero attached hydrogens (tertiary/aromatic N) is 4. The van der Waals surface area contributed by atoms with Crippen LogP contribution in [0.15, 0.2) is 17.0 Å². The molecule has 1 unspecified atom stereocenters. The number of alkyl halides is 2. The van der Waals surface area contributed by atoms with E-state index < -0.39 is 46.8 Å². The van der Waals surface area contributed by atoms with E-state index in [0.29, 0.717) is 18.3 Å². The molecule has 0 saturated carbocycles. The molecule has 0 heterocycles. The molecule has 0 fully saturated rings. The Labute approximate surface area is 180 Å². The fraction of sp³-hybridized carbons (Fsp3) is 0.538. The molecule has 0 saturated heterocycles. The molecule has 1 aromatic carbocycles. The number of nitro groups is 3. The molecule has 0 radical (unpaired) electrons. The smallest absolute Gasteiger partial charge is 0.300 e. The topological polar surface area (TPSA) is 207 Å². The maximum absolute atomic E-state index is 10.8. The van der Waals surface area contributed by atoms with Crippen LogP contribution in [-0.2, 0) is 10.1 Å². The standard InChI is InChI=1S/C7H16Cl2NO.C6H3N3O9S/c1-10(11,7-5-9)6-3-2-4-8;10-7(11)3-1-4(8(12)13)6(19(16,17)18)5(2-3)9(14)15/h11H,2-7H2,1H3;1-2H,(H,16,17,18)/q+1;/p-1. The van der Waals surface area contributed by atoms with Crippen LogP contribution in [0, 0.1) is 30.3 Å². The van der Waals surface area contributed by atoms with Crippen molar-refractivity contribution in [3.05, 3.63) is 42.5 Å². The van der Waals surface area contributed by atoms with Crippen LogP contribution in [0.5, 0.6) is 0 Å². The summed E-state index contributed by atoms with van der Waals surface area (Å²) in [5.41, 5.74) is -4.11. The van der Waals surface area contributed by atoms with Crippen LogP contribution in [0.1, 0.15) is 12.8 Å². The zero-order valence-corrected chi connectivity index (χ0v) is 17.8. The van der Waals surface area contributed by atoms with Gasteiger partial charge >= 0.3 is 11.4 Å². The number of unbranched alkanes of at least 4 members (excludes halogenated alkanes) is 1. The summed E-state index contributed by atoms with van der Waals surface area (Å²) in [6.07, 6.45) is 1.91. The largest absolute Gasteiger partial charge is 0.744 e. The van der Waals surface area contributed by atoms with Crippen LogP contribution in [0.25, 0.3) is 0 Å². The zero-order valence-electron chi connectivity index (χ0n) is 15.5. The third-order valence-corrected chi connectivity index (χ3v) is 4.83. The summed E-state index contributed by atoms with van der Waals surface area (Å²) in [4.78, 5) is 25.8. The maximum atomic E-state index is 10.8. The first-order valence-corrected chi connectivity index (χ1v) is 10.4. The first-order valence-electron chi connectivity index (χ1n) is 7.94. The van der Waals surface area contributed by atoms with Crippen molar-refractivity contribution in [2.45, 2.75) is 17.7 Å². The summed E-state index contributed by atoms with van der Waals surface area (Å²) in [6.45, 7) is 1.34. The normalized spacial score (nSPS) is 13.0. The van der Waals surface area contributed by atoms with E-state index in [-0.39, 0.29) is 16.8 Å². The van der Waals surface area contributed by atoms with Crippen LogP contribution in [0.4, 0.5) is 17.1 Å². The molecule has 1 N–H and O–H groups in total. The average Bonchev–Trinajstić information content (AvgIpc) is 2.60. The second-order valence-electron chi connectivity index (χ2n) is 5.91. The van der Waals surface area contributed by atoms with Crippen molar-refractivity contribution < 1.29 is 37.6 Å². The Hall–Kier alpha value is -2.17. The monoisotopic (exact) mass is 492 g/mol. The van der Waals surface area contributed by atoms with Gasteiger partial charge in [-0.15, -0.1) is 23.2 Å². The van der Waals surface area contributed by atoms with E-state index in [1.165, 1.54) is 0 Å². The molecule has 30 heavy (non-hydrogen) atoms. The predicted molar refractivity (Wildman–Crippen MR) is 103 cm³/mol. The number of nitro benzene ring substituents is 3. The van der Waals surface area contributed by atoms with Gasteiger partial charge in [0.2, 0.25) is 4.90 Å². The summed E-state index contributed by atoms with van der Waals surface area (Å²) in [5, 5.41) is 41.1. The molecular formula is C13H18Cl2N4O10S. The molecule has 14 nitrogen and oxygen atoms in total. The minimum absolute atomic E-state index is 0.0143. The SMILES string of the molecule is C[N+](O)(CCCl)CCCCCl.O=[N+]([O-])c1cc([N+](=O)[O-])c(S(=O)(=O)[O-])c([N+](=O)[O-])c1. The van der Waals surface area contributed by atoms with Crippen molar-refractivity contribution in [3.63, 3.8) is 0 Å². The molecule has 17 heteroatoms. The van der Waals surface area contributed by atoms with E-state index in [2.05, 4.69) is 0 Å². The minimum atomic E-state index is -5.55. The predicted octanol–water partition coefficient (Wildman–Crippen LogP) is 2.40. The van der Waals surface area contributed by atoms with Crippen molar-refractivity contribution in [1.82, 2.24) is 0 Å². The van der Waals surface area contributed by atoms with Gasteiger partial charge in [-0.2, -0.15) is 4.65 Å². The maximum Gasteiger partial charge on any atom is 0.300 e. The molecule has 1 atom stereocenters. The average molecular weight is 493 g/mol. The van der Waals surface area contributed by atoms with E-state index >= 15 is 0 Å². The third-order valence-electron chi connectivity index (χ3n) is 3.48. The Morgan fingerprint density at radius 2 is 1.40 bits per heavy atom. The van der Waals surface area contributed by atoms with E-state index in [4.69, 9.17) is 23.2 Å². The summed E-state index contributed by atoms with van der Waals surface area (Å²) in [7, 11) is -3.79. The van der Waals surface area contributed by atoms with Gasteiger partial charge in [-0.3, -0.25) is 30.3 Å². The quantitative estimate of drug-likeness (QED) is 0.126. The first kappa shape index (κ1) is 27.8. The Bertz CT molecular complexity index is 859. The van der Waals surface area contributed by atoms with E-state index in [1.807, 2.05) is 0 Å². The highest BCUT2D eigenvalue weighted by molar-refractivity contribution is 7.86. The highest BCUT2D eigenvalue weighted by atomic mass is 35.5. The molecule has 1 aromatic rings. The third kappa shape index (κ3) is 9.10. The van der Waals surface area contributed by atoms with Gasteiger partial charge in [0, 0.05) is 12.3 Å². The number of hydrogen-bond acceptors (Lipinski definition) is 10. The van der Waals surface area contributed by atoms with Crippen LogP contribution < -0.4 is 0 Å². The number of benzene rings is 1. The van der Waals surface area contributed by atoms with Gasteiger partial charge in [-0.05, 0) is 6.42 Å². The molecular weight excluding hydrogens is 475 g/mol. The number of hydroxylamine groups is 3. The molecule has 0 bridgehead atoms. The molecule has 0 spiro atoms. The van der Waals surface area contributed by atoms with Crippen LogP contribution in [-0.4, -0.2) is 69.5 Å². The van der Waals surface area contributed by atoms with Crippen LogP contribution in [0.3, 0.4) is 0 Å². The molecule has 0 aliphatic heterocycles. The van der Waals surface area contributed by atoms with Crippen molar-refractivity contribution in [1.29, 1.82) is 0 Å². The summed E-state index contributed by atoms with van der Waals surface area (Å²) < 4.78 is 32.5. The molecule has 0 amide bonds. The summed E-state index contributed by atoms with van der Waals surface area (Å²) >= 11 is 11.0. The first-order chi connectivity index (χ1) is 13.7. The van der Waals surface area contributed by atoms with Crippen LogP contribution >= 0.6 is 23.2 Å². The second kappa shape index (κ2) is 11.9. The van der Waals surface area contributed by atoms with Gasteiger partial charge in [0.05, 0.1) is 39.8 Å². The summed E-state index contributed by atoms with van der Waals surface area (Å²) in [6, 6.07) is 0.329. The number of non-ortho nitro benzene ring substituents is 1. The lowest BCUT2D eigenvalue weighted by atomic mass is 10.2. The lowest BCUT2D eigenvalue weighted by Gasteiger charge is -2.23. The lowest BCUT2D eigenvalue weighted by molar-refractivity contribution is -1.09. The number of hydrogen-bond donors (Lipinski definition) is 1. The number of rotatable bonds is 10. The highest BCUT2D eigenvalue weighted by Gasteiger charge is 2.34. The van der Waals surface area contributed by atoms with Crippen LogP contribution in [0.2, 0.25) is 0 Å². The Balaban J connectivity index is 0.000000654. The molecule has 170 valence electrons. The van der Waals surface area contributed by atoms with Gasteiger partial charge in [0.15, 0.2) is 0 Å².